The minimum atomic E-state index is 0.615. The molecule has 6 heteroatoms. The molecule has 0 unspecified atom stereocenters. The third-order valence-electron chi connectivity index (χ3n) is 2.47. The summed E-state index contributed by atoms with van der Waals surface area (Å²) in [6.45, 7) is 0.636. The molecule has 0 aliphatic rings. The van der Waals surface area contributed by atoms with Gasteiger partial charge in [-0.1, -0.05) is 0 Å². The van der Waals surface area contributed by atoms with Gasteiger partial charge in [-0.15, -0.1) is 11.3 Å². The SMILES string of the molecule is COc1cc(N)c(NCc2nccs2)cc1OC. The van der Waals surface area contributed by atoms with E-state index in [-0.39, 0.29) is 0 Å². The predicted octanol–water partition coefficient (Wildman–Crippen LogP) is 2.35. The maximum Gasteiger partial charge on any atom is 0.162 e. The molecular formula is C12H15N3O2S. The lowest BCUT2D eigenvalue weighted by molar-refractivity contribution is 0.355. The summed E-state index contributed by atoms with van der Waals surface area (Å²) in [4.78, 5) is 4.20. The lowest BCUT2D eigenvalue weighted by atomic mass is 10.2. The van der Waals surface area contributed by atoms with Crippen molar-refractivity contribution in [1.82, 2.24) is 4.98 Å². The fraction of sp³-hybridized carbons (Fsp3) is 0.250. The highest BCUT2D eigenvalue weighted by molar-refractivity contribution is 7.09. The van der Waals surface area contributed by atoms with Gasteiger partial charge in [0.15, 0.2) is 11.5 Å². The fourth-order valence-electron chi connectivity index (χ4n) is 1.56. The van der Waals surface area contributed by atoms with Crippen LogP contribution < -0.4 is 20.5 Å². The van der Waals surface area contributed by atoms with Crippen LogP contribution in [-0.2, 0) is 6.54 Å². The van der Waals surface area contributed by atoms with E-state index in [4.69, 9.17) is 15.2 Å². The molecular weight excluding hydrogens is 250 g/mol. The third kappa shape index (κ3) is 2.65. The first kappa shape index (κ1) is 12.5. The van der Waals surface area contributed by atoms with Crippen LogP contribution in [0.15, 0.2) is 23.7 Å². The van der Waals surface area contributed by atoms with Gasteiger partial charge >= 0.3 is 0 Å². The molecule has 0 amide bonds. The zero-order chi connectivity index (χ0) is 13.0. The number of aromatic nitrogens is 1. The number of methoxy groups -OCH3 is 2. The molecule has 2 rings (SSSR count). The Morgan fingerprint density at radius 1 is 1.28 bits per heavy atom. The van der Waals surface area contributed by atoms with Crippen LogP contribution >= 0.6 is 11.3 Å². The highest BCUT2D eigenvalue weighted by Gasteiger charge is 2.09. The zero-order valence-electron chi connectivity index (χ0n) is 10.3. The molecule has 3 N–H and O–H groups in total. The van der Waals surface area contributed by atoms with Gasteiger partial charge < -0.3 is 20.5 Å². The van der Waals surface area contributed by atoms with Crippen molar-refractivity contribution in [2.75, 3.05) is 25.3 Å². The van der Waals surface area contributed by atoms with Gasteiger partial charge in [-0.3, -0.25) is 0 Å². The molecule has 0 aliphatic carbocycles. The highest BCUT2D eigenvalue weighted by atomic mass is 32.1. The van der Waals surface area contributed by atoms with Gasteiger partial charge in [-0.2, -0.15) is 0 Å². The van der Waals surface area contributed by atoms with Crippen LogP contribution in [0.3, 0.4) is 0 Å². The molecule has 1 aromatic heterocycles. The second-order valence-corrected chi connectivity index (χ2v) is 4.55. The number of nitrogens with two attached hydrogens (primary N) is 1. The average Bonchev–Trinajstić information content (AvgIpc) is 2.90. The van der Waals surface area contributed by atoms with E-state index in [0.29, 0.717) is 23.7 Å². The first-order valence-corrected chi connectivity index (χ1v) is 6.26. The summed E-state index contributed by atoms with van der Waals surface area (Å²) < 4.78 is 10.4. The number of ether oxygens (including phenoxy) is 2. The summed E-state index contributed by atoms with van der Waals surface area (Å²) in [5, 5.41) is 6.17. The van der Waals surface area contributed by atoms with Crippen LogP contribution in [0, 0.1) is 0 Å². The van der Waals surface area contributed by atoms with Crippen molar-refractivity contribution < 1.29 is 9.47 Å². The van der Waals surface area contributed by atoms with Gasteiger partial charge in [0, 0.05) is 23.7 Å². The zero-order valence-corrected chi connectivity index (χ0v) is 11.1. The molecule has 0 radical (unpaired) electrons. The van der Waals surface area contributed by atoms with Crippen LogP contribution in [0.25, 0.3) is 0 Å². The van der Waals surface area contributed by atoms with Crippen molar-refractivity contribution in [3.05, 3.63) is 28.7 Å². The predicted molar refractivity (Wildman–Crippen MR) is 73.4 cm³/mol. The van der Waals surface area contributed by atoms with E-state index in [1.807, 2.05) is 11.4 Å². The highest BCUT2D eigenvalue weighted by Crippen LogP contribution is 2.34. The third-order valence-corrected chi connectivity index (χ3v) is 3.25. The van der Waals surface area contributed by atoms with Crippen molar-refractivity contribution >= 4 is 22.7 Å². The molecule has 0 saturated heterocycles. The Bertz CT molecular complexity index is 514. The largest absolute Gasteiger partial charge is 0.493 e. The van der Waals surface area contributed by atoms with E-state index in [0.717, 1.165) is 10.7 Å². The quantitative estimate of drug-likeness (QED) is 0.812. The van der Waals surface area contributed by atoms with Crippen LogP contribution in [0.5, 0.6) is 11.5 Å². The molecule has 0 bridgehead atoms. The van der Waals surface area contributed by atoms with Crippen LogP contribution in [-0.4, -0.2) is 19.2 Å². The monoisotopic (exact) mass is 265 g/mol. The van der Waals surface area contributed by atoms with E-state index in [9.17, 15) is 0 Å². The molecule has 0 atom stereocenters. The van der Waals surface area contributed by atoms with Crippen LogP contribution in [0.1, 0.15) is 5.01 Å². The topological polar surface area (TPSA) is 69.4 Å². The summed E-state index contributed by atoms with van der Waals surface area (Å²) in [7, 11) is 3.18. The molecule has 0 aliphatic heterocycles. The van der Waals surface area contributed by atoms with Crippen molar-refractivity contribution in [2.24, 2.45) is 0 Å². The smallest absolute Gasteiger partial charge is 0.162 e. The van der Waals surface area contributed by atoms with Gasteiger partial charge in [0.05, 0.1) is 32.1 Å². The Kier molecular flexibility index (Phi) is 3.88. The Labute approximate surface area is 110 Å². The number of nitrogens with one attached hydrogen (secondary N) is 1. The van der Waals surface area contributed by atoms with E-state index in [1.54, 1.807) is 37.8 Å². The number of rotatable bonds is 5. The Morgan fingerprint density at radius 3 is 2.61 bits per heavy atom. The maximum absolute atomic E-state index is 5.94. The molecule has 0 fully saturated rings. The van der Waals surface area contributed by atoms with Crippen molar-refractivity contribution in [2.45, 2.75) is 6.54 Å². The van der Waals surface area contributed by atoms with E-state index in [1.165, 1.54) is 0 Å². The Hall–Kier alpha value is -1.95. The summed E-state index contributed by atoms with van der Waals surface area (Å²) in [5.41, 5.74) is 7.37. The molecule has 5 nitrogen and oxygen atoms in total. The Morgan fingerprint density at radius 2 is 2.00 bits per heavy atom. The van der Waals surface area contributed by atoms with Crippen LogP contribution in [0.2, 0.25) is 0 Å². The van der Waals surface area contributed by atoms with Gasteiger partial charge in [0.1, 0.15) is 5.01 Å². The first-order valence-electron chi connectivity index (χ1n) is 5.38. The van der Waals surface area contributed by atoms with E-state index in [2.05, 4.69) is 10.3 Å². The first-order chi connectivity index (χ1) is 8.74. The molecule has 0 spiro atoms. The number of benzene rings is 1. The van der Waals surface area contributed by atoms with Crippen LogP contribution in [0.4, 0.5) is 11.4 Å². The number of nitrogen functional groups attached to an aromatic ring is 1. The molecule has 18 heavy (non-hydrogen) atoms. The lowest BCUT2D eigenvalue weighted by Gasteiger charge is -2.13. The average molecular weight is 265 g/mol. The van der Waals surface area contributed by atoms with E-state index >= 15 is 0 Å². The lowest BCUT2D eigenvalue weighted by Crippen LogP contribution is -2.03. The summed E-state index contributed by atoms with van der Waals surface area (Å²) in [5.74, 6) is 1.27. The molecule has 96 valence electrons. The Balaban J connectivity index is 2.17. The van der Waals surface area contributed by atoms with Gasteiger partial charge in [0.25, 0.3) is 0 Å². The molecule has 0 saturated carbocycles. The van der Waals surface area contributed by atoms with Crippen molar-refractivity contribution in [3.63, 3.8) is 0 Å². The van der Waals surface area contributed by atoms with E-state index < -0.39 is 0 Å². The number of hydrogen-bond acceptors (Lipinski definition) is 6. The summed E-state index contributed by atoms with van der Waals surface area (Å²) >= 11 is 1.60. The standard InChI is InChI=1S/C12H15N3O2S/c1-16-10-5-8(13)9(6-11(10)17-2)15-7-12-14-3-4-18-12/h3-6,15H,7,13H2,1-2H3. The number of thiazole rings is 1. The van der Waals surface area contributed by atoms with Gasteiger partial charge in [-0.25, -0.2) is 4.98 Å². The minimum absolute atomic E-state index is 0.615. The normalized spacial score (nSPS) is 10.1. The maximum atomic E-state index is 5.94. The van der Waals surface area contributed by atoms with Crippen molar-refractivity contribution in [1.29, 1.82) is 0 Å². The summed E-state index contributed by atoms with van der Waals surface area (Å²) in [6.07, 6.45) is 1.78. The minimum Gasteiger partial charge on any atom is -0.493 e. The van der Waals surface area contributed by atoms with Gasteiger partial charge in [-0.05, 0) is 0 Å². The van der Waals surface area contributed by atoms with Gasteiger partial charge in [0.2, 0.25) is 0 Å². The second-order valence-electron chi connectivity index (χ2n) is 3.57. The number of nitrogens with zero attached hydrogens (tertiary/aromatic N) is 1. The molecule has 2 aromatic rings. The molecule has 1 aromatic carbocycles. The fourth-order valence-corrected chi connectivity index (χ4v) is 2.11. The second kappa shape index (κ2) is 5.59. The van der Waals surface area contributed by atoms with Crippen molar-refractivity contribution in [3.8, 4) is 11.5 Å². The molecule has 1 heterocycles. The number of anilines is 2. The number of hydrogen-bond donors (Lipinski definition) is 2. The summed E-state index contributed by atoms with van der Waals surface area (Å²) in [6, 6.07) is 3.56.